The zero-order valence-corrected chi connectivity index (χ0v) is 76.3. The van der Waals surface area contributed by atoms with Crippen LogP contribution in [0.4, 0.5) is 0 Å². The largest absolute Gasteiger partial charge is 4.00 e. The topological polar surface area (TPSA) is 511 Å². The summed E-state index contributed by atoms with van der Waals surface area (Å²) in [5.74, 6) is -8.00. The Morgan fingerprint density at radius 3 is 0.217 bits per heavy atom. The number of aliphatic carboxylic acids is 6. The van der Waals surface area contributed by atoms with E-state index in [1.807, 2.05) is 166 Å². The average molecular weight is 1720 g/mol. The van der Waals surface area contributed by atoms with Crippen molar-refractivity contribution in [3.05, 3.63) is 0 Å². The van der Waals surface area contributed by atoms with Crippen LogP contribution in [0.5, 0.6) is 0 Å². The minimum atomic E-state index is -0.991. The van der Waals surface area contributed by atoms with Crippen LogP contribution in [0.25, 0.3) is 0 Å². The molecular formula is C64H130O23Zr5. The van der Waals surface area contributed by atoms with E-state index < -0.39 is 35.8 Å². The van der Waals surface area contributed by atoms with E-state index >= 15 is 0 Å². The van der Waals surface area contributed by atoms with Crippen molar-refractivity contribution in [2.45, 2.75) is 249 Å². The Bertz CT molecular complexity index is 1170. The van der Waals surface area contributed by atoms with Crippen molar-refractivity contribution < 1.29 is 248 Å². The van der Waals surface area contributed by atoms with Gasteiger partial charge in [0.15, 0.2) is 0 Å². The number of carboxylic acids is 6. The molecule has 0 aliphatic heterocycles. The summed E-state index contributed by atoms with van der Waals surface area (Å²) in [6.07, 6.45) is 0. The van der Waals surface area contributed by atoms with Crippen LogP contribution in [-0.4, -0.2) is 88.7 Å². The fourth-order valence-corrected chi connectivity index (χ4v) is 0. The van der Waals surface area contributed by atoms with Crippen LogP contribution in [0.2, 0.25) is 0 Å². The van der Waals surface area contributed by atoms with Gasteiger partial charge >= 0.3 is 131 Å². The van der Waals surface area contributed by atoms with Gasteiger partial charge in [-0.2, -0.15) is 0 Å². The first kappa shape index (κ1) is 156. The van der Waals surface area contributed by atoms with E-state index in [1.54, 1.807) is 83.1 Å². The molecule has 0 heterocycles. The van der Waals surface area contributed by atoms with E-state index in [9.17, 15) is 100 Å². The van der Waals surface area contributed by atoms with Gasteiger partial charge < -0.3 is 117 Å². The number of rotatable bonds is 6. The van der Waals surface area contributed by atoms with Crippen molar-refractivity contribution >= 4 is 35.8 Å². The zero-order valence-electron chi connectivity index (χ0n) is 64.0. The normalized spacial score (nSPS) is 9.85. The molecule has 0 unspecified atom stereocenters. The smallest absolute Gasteiger partial charge is 2.00 e. The van der Waals surface area contributed by atoms with E-state index in [1.165, 1.54) is 0 Å². The maximum Gasteiger partial charge on any atom is 4.00 e. The van der Waals surface area contributed by atoms with Gasteiger partial charge in [-0.3, -0.25) is 0 Å². The first-order chi connectivity index (χ1) is 36.3. The summed E-state index contributed by atoms with van der Waals surface area (Å²) in [6.45, 7) is 65.4. The van der Waals surface area contributed by atoms with Gasteiger partial charge in [-0.15, -0.1) is 52.9 Å². The minimum absolute atomic E-state index is 0. The SMILES string of the molecule is CC(C)(C)C[O-].CC(C)(C)C[O-].CC(C)(C)C[O-].CC(C)(C)C[O-].CC(C)(C)C[O-].CC(C)(C)C[O-].CC(C)(C)C[O-].CC(C)(C)C[O-].CC(C)C(=O)[O-].CC(C)C(=O)[O-].CC(C)C(=O)[O-].CC(C)C(=O)[O-].CC(C)C(=O)[O-].CC(C)C(=O)[O-].[O-2].[O-2].[O-2].[Zr+4].[Zr+4].[Zr+4].[Zr+4].[Zr+4]. The Morgan fingerprint density at radius 1 is 0.196 bits per heavy atom. The monoisotopic (exact) mass is 1720 g/mol. The van der Waals surface area contributed by atoms with E-state index in [4.69, 9.17) is 0 Å². The molecule has 0 bridgehead atoms. The summed E-state index contributed by atoms with van der Waals surface area (Å²) in [5, 5.41) is 137. The standard InChI is InChI=1S/8C5H11O.6C4H8O2.3O.5Zr/c8*1-5(2,3)4-6;6*1-3(2)4(5)6;;;;;;;;/h8*4H2,1-3H3;6*3H,1-2H3,(H,5,6);;;;;;;;/q8*-1;;;;;;;3*-2;5*+4/p-6. The van der Waals surface area contributed by atoms with Gasteiger partial charge in [0, 0.05) is 35.8 Å². The molecule has 0 amide bonds. The first-order valence-corrected chi connectivity index (χ1v) is 28.2. The van der Waals surface area contributed by atoms with Crippen LogP contribution >= 0.6 is 0 Å². The van der Waals surface area contributed by atoms with Crippen molar-refractivity contribution in [2.24, 2.45) is 78.8 Å². The minimum Gasteiger partial charge on any atom is -2.00 e. The predicted molar refractivity (Wildman–Crippen MR) is 316 cm³/mol. The molecule has 28 heteroatoms. The Balaban J connectivity index is -0.0000000285. The predicted octanol–water partition coefficient (Wildman–Crippen LogP) is -0.873. The number of hydrogen-bond acceptors (Lipinski definition) is 20. The summed E-state index contributed by atoms with van der Waals surface area (Å²) < 4.78 is 0. The Morgan fingerprint density at radius 2 is 0.217 bits per heavy atom. The van der Waals surface area contributed by atoms with Gasteiger partial charge in [0.2, 0.25) is 0 Å². The van der Waals surface area contributed by atoms with E-state index in [0.717, 1.165) is 0 Å². The molecule has 0 saturated heterocycles. The molecule has 0 N–H and O–H groups in total. The van der Waals surface area contributed by atoms with Crippen molar-refractivity contribution in [3.63, 3.8) is 0 Å². The number of carbonyl (C=O) groups excluding carboxylic acids is 6. The third-order valence-corrected chi connectivity index (χ3v) is 6.29. The van der Waals surface area contributed by atoms with Gasteiger partial charge in [-0.05, 0) is 35.5 Å². The molecule has 92 heavy (non-hydrogen) atoms. The van der Waals surface area contributed by atoms with Crippen LogP contribution in [-0.2, 0) is 176 Å². The molecular weight excluding hydrogens is 1590 g/mol. The maximum atomic E-state index is 9.95. The van der Waals surface area contributed by atoms with E-state index in [0.29, 0.717) is 0 Å². The molecule has 0 saturated carbocycles. The molecule has 0 aliphatic rings. The van der Waals surface area contributed by atoms with Gasteiger partial charge in [0.05, 0.1) is 0 Å². The first-order valence-electron chi connectivity index (χ1n) is 28.2. The number of carbonyl (C=O) groups is 6. The van der Waals surface area contributed by atoms with Crippen LogP contribution in [0.15, 0.2) is 0 Å². The molecule has 0 spiro atoms. The summed E-state index contributed by atoms with van der Waals surface area (Å²) in [7, 11) is 0. The summed E-state index contributed by atoms with van der Waals surface area (Å²) in [5.41, 5.74) is -0.111. The number of carboxylic acid groups (broad SMARTS) is 6. The Hall–Kier alpha value is 0.796. The number of hydrogen-bond donors (Lipinski definition) is 0. The van der Waals surface area contributed by atoms with Crippen LogP contribution in [0.3, 0.4) is 0 Å². The van der Waals surface area contributed by atoms with E-state index in [-0.39, 0.29) is 279 Å². The third-order valence-electron chi connectivity index (χ3n) is 6.29. The van der Waals surface area contributed by atoms with Crippen molar-refractivity contribution in [1.29, 1.82) is 0 Å². The molecule has 544 valence electrons. The molecule has 0 aromatic rings. The molecule has 0 rings (SSSR count). The zero-order chi connectivity index (χ0) is 72.6. The van der Waals surface area contributed by atoms with Gasteiger partial charge in [0.25, 0.3) is 0 Å². The summed E-state index contributed by atoms with van der Waals surface area (Å²) in [6, 6.07) is 0. The van der Waals surface area contributed by atoms with Crippen molar-refractivity contribution in [1.82, 2.24) is 0 Å². The summed E-state index contributed by atoms with van der Waals surface area (Å²) in [4.78, 5) is 57.5. The maximum absolute atomic E-state index is 9.95. The van der Waals surface area contributed by atoms with Gasteiger partial charge in [-0.25, -0.2) is 0 Å². The molecule has 0 aromatic carbocycles. The molecule has 0 aromatic heterocycles. The second-order valence-corrected chi connectivity index (χ2v) is 30.5. The average Bonchev–Trinajstić information content (AvgIpc) is 3.29. The molecule has 0 radical (unpaired) electrons. The van der Waals surface area contributed by atoms with Gasteiger partial charge in [-0.1, -0.05) is 293 Å². The van der Waals surface area contributed by atoms with Crippen molar-refractivity contribution in [2.75, 3.05) is 52.9 Å². The fraction of sp³-hybridized carbons (Fsp3) is 0.906. The van der Waals surface area contributed by atoms with E-state index in [2.05, 4.69) is 0 Å². The van der Waals surface area contributed by atoms with Crippen LogP contribution in [0.1, 0.15) is 249 Å². The fourth-order valence-electron chi connectivity index (χ4n) is 0. The molecule has 0 fully saturated rings. The third kappa shape index (κ3) is 307. The van der Waals surface area contributed by atoms with Crippen LogP contribution in [0, 0.1) is 78.8 Å². The second kappa shape index (κ2) is 87.9. The van der Waals surface area contributed by atoms with Crippen LogP contribution < -0.4 is 71.5 Å². The second-order valence-electron chi connectivity index (χ2n) is 30.5. The Labute approximate surface area is 658 Å². The quantitative estimate of drug-likeness (QED) is 0.312. The van der Waals surface area contributed by atoms with Crippen molar-refractivity contribution in [3.8, 4) is 0 Å². The Kier molecular flexibility index (Phi) is 149. The molecule has 23 nitrogen and oxygen atoms in total. The van der Waals surface area contributed by atoms with Gasteiger partial charge in [0.1, 0.15) is 0 Å². The summed E-state index contributed by atoms with van der Waals surface area (Å²) >= 11 is 0. The molecule has 0 aliphatic carbocycles. The molecule has 0 atom stereocenters.